The Hall–Kier alpha value is -2.39. The van der Waals surface area contributed by atoms with Gasteiger partial charge in [0.2, 0.25) is 5.91 Å². The van der Waals surface area contributed by atoms with Gasteiger partial charge in [-0.05, 0) is 43.4 Å². The van der Waals surface area contributed by atoms with Crippen LogP contribution in [0.5, 0.6) is 0 Å². The zero-order valence-corrected chi connectivity index (χ0v) is 18.6. The minimum absolute atomic E-state index is 0.0683. The molecule has 9 heteroatoms. The number of nitrogens with one attached hydrogen (secondary N) is 1. The van der Waals surface area contributed by atoms with Gasteiger partial charge >= 0.3 is 0 Å². The third kappa shape index (κ3) is 3.50. The van der Waals surface area contributed by atoms with Crippen molar-refractivity contribution in [1.29, 1.82) is 0 Å². The number of hydrogen-bond donors (Lipinski definition) is 1. The highest BCUT2D eigenvalue weighted by Crippen LogP contribution is 2.39. The number of thiophene rings is 1. The van der Waals surface area contributed by atoms with Crippen LogP contribution in [0.4, 0.5) is 0 Å². The fourth-order valence-electron chi connectivity index (χ4n) is 3.91. The van der Waals surface area contributed by atoms with Gasteiger partial charge in [0, 0.05) is 10.8 Å². The fraction of sp³-hybridized carbons (Fsp3) is 0.429. The molecule has 5 rings (SSSR count). The van der Waals surface area contributed by atoms with Crippen molar-refractivity contribution in [2.75, 3.05) is 5.75 Å². The van der Waals surface area contributed by atoms with E-state index in [1.807, 2.05) is 12.1 Å². The largest absolute Gasteiger partial charge is 0.467 e. The summed E-state index contributed by atoms with van der Waals surface area (Å²) >= 11 is 3.20. The zero-order valence-electron chi connectivity index (χ0n) is 17.0. The molecule has 0 aromatic carbocycles. The first kappa shape index (κ1) is 19.6. The Balaban J connectivity index is 1.46. The van der Waals surface area contributed by atoms with Gasteiger partial charge in [-0.2, -0.15) is 0 Å². The molecule has 30 heavy (non-hydrogen) atoms. The quantitative estimate of drug-likeness (QED) is 0.448. The molecule has 4 aromatic rings. The maximum Gasteiger partial charge on any atom is 0.230 e. The van der Waals surface area contributed by atoms with Crippen LogP contribution in [0, 0.1) is 0 Å². The van der Waals surface area contributed by atoms with Crippen molar-refractivity contribution in [1.82, 2.24) is 24.9 Å². The van der Waals surface area contributed by atoms with E-state index in [1.54, 1.807) is 17.6 Å². The van der Waals surface area contributed by atoms with Crippen molar-refractivity contribution in [3.05, 3.63) is 40.4 Å². The predicted molar refractivity (Wildman–Crippen MR) is 118 cm³/mol. The summed E-state index contributed by atoms with van der Waals surface area (Å²) in [4.78, 5) is 19.8. The predicted octanol–water partition coefficient (Wildman–Crippen LogP) is 4.34. The Kier molecular flexibility index (Phi) is 5.24. The first-order valence-corrected chi connectivity index (χ1v) is 12.0. The summed E-state index contributed by atoms with van der Waals surface area (Å²) in [7, 11) is 0. The Bertz CT molecular complexity index is 1210. The molecule has 0 spiro atoms. The van der Waals surface area contributed by atoms with Crippen molar-refractivity contribution in [2.45, 2.75) is 57.1 Å². The first-order valence-electron chi connectivity index (χ1n) is 10.2. The minimum atomic E-state index is -0.0683. The van der Waals surface area contributed by atoms with Gasteiger partial charge in [-0.15, -0.1) is 21.5 Å². The van der Waals surface area contributed by atoms with E-state index in [-0.39, 0.29) is 17.6 Å². The molecule has 0 aliphatic heterocycles. The second-order valence-electron chi connectivity index (χ2n) is 7.80. The van der Waals surface area contributed by atoms with E-state index < -0.39 is 0 Å². The minimum Gasteiger partial charge on any atom is -0.467 e. The number of amides is 1. The second-order valence-corrected chi connectivity index (χ2v) is 9.83. The highest BCUT2D eigenvalue weighted by molar-refractivity contribution is 7.99. The van der Waals surface area contributed by atoms with Gasteiger partial charge in [-0.3, -0.25) is 9.20 Å². The average molecular weight is 442 g/mol. The number of hydrogen-bond acceptors (Lipinski definition) is 7. The summed E-state index contributed by atoms with van der Waals surface area (Å²) < 4.78 is 7.31. The van der Waals surface area contributed by atoms with Gasteiger partial charge < -0.3 is 9.73 Å². The van der Waals surface area contributed by atoms with Crippen LogP contribution < -0.4 is 5.32 Å². The van der Waals surface area contributed by atoms with Crippen LogP contribution >= 0.6 is 23.1 Å². The van der Waals surface area contributed by atoms with Crippen LogP contribution in [0.2, 0.25) is 0 Å². The lowest BCUT2D eigenvalue weighted by atomic mass is 9.97. The molecular formula is C21H23N5O2S2. The van der Waals surface area contributed by atoms with Crippen LogP contribution in [0.1, 0.15) is 54.6 Å². The Morgan fingerprint density at radius 3 is 3.00 bits per heavy atom. The number of nitrogens with zero attached hydrogens (tertiary/aromatic N) is 4. The average Bonchev–Trinajstić information content (AvgIpc) is 3.47. The molecule has 4 heterocycles. The van der Waals surface area contributed by atoms with Crippen LogP contribution in [0.3, 0.4) is 0 Å². The number of aryl methyl sites for hydroxylation is 2. The van der Waals surface area contributed by atoms with E-state index in [4.69, 9.17) is 9.40 Å². The molecule has 4 aromatic heterocycles. The number of furan rings is 1. The standard InChI is InChI=1S/C21H23N5O2S2/c1-12(2)18-23-20-17(14-7-3-4-8-15(14)30-20)19-24-25-21(26(18)19)29-11-16(27)22-10-13-6-5-9-28-13/h5-6,9,12H,3-4,7-8,10-11H2,1-2H3,(H,22,27). The third-order valence-electron chi connectivity index (χ3n) is 5.34. The van der Waals surface area contributed by atoms with Gasteiger partial charge in [-0.25, -0.2) is 4.98 Å². The molecule has 0 radical (unpaired) electrons. The Morgan fingerprint density at radius 2 is 2.20 bits per heavy atom. The molecule has 0 atom stereocenters. The van der Waals surface area contributed by atoms with E-state index in [0.29, 0.717) is 11.7 Å². The van der Waals surface area contributed by atoms with E-state index in [9.17, 15) is 4.79 Å². The topological polar surface area (TPSA) is 85.3 Å². The van der Waals surface area contributed by atoms with Crippen LogP contribution in [0.25, 0.3) is 15.9 Å². The molecular weight excluding hydrogens is 418 g/mol. The summed E-state index contributed by atoms with van der Waals surface area (Å²) in [6.45, 7) is 4.64. The van der Waals surface area contributed by atoms with Gasteiger partial charge in [-0.1, -0.05) is 25.6 Å². The number of carbonyl (C=O) groups is 1. The smallest absolute Gasteiger partial charge is 0.230 e. The lowest BCUT2D eigenvalue weighted by Gasteiger charge is -2.12. The summed E-state index contributed by atoms with van der Waals surface area (Å²) in [5, 5.41) is 13.7. The van der Waals surface area contributed by atoms with Gasteiger partial charge in [0.25, 0.3) is 0 Å². The molecule has 1 N–H and O–H groups in total. The normalized spacial score (nSPS) is 14.0. The summed E-state index contributed by atoms with van der Waals surface area (Å²) in [5.74, 6) is 2.09. The molecule has 0 saturated heterocycles. The maximum atomic E-state index is 12.3. The second kappa shape index (κ2) is 8.03. The van der Waals surface area contributed by atoms with Crippen molar-refractivity contribution in [2.24, 2.45) is 0 Å². The first-order chi connectivity index (χ1) is 14.6. The zero-order chi connectivity index (χ0) is 20.7. The van der Waals surface area contributed by atoms with Crippen molar-refractivity contribution in [3.8, 4) is 0 Å². The Labute approximate surface area is 182 Å². The highest BCUT2D eigenvalue weighted by Gasteiger charge is 2.24. The fourth-order valence-corrected chi connectivity index (χ4v) is 5.95. The number of thioether (sulfide) groups is 1. The van der Waals surface area contributed by atoms with Gasteiger partial charge in [0.1, 0.15) is 16.4 Å². The van der Waals surface area contributed by atoms with Crippen LogP contribution in [-0.4, -0.2) is 31.2 Å². The molecule has 156 valence electrons. The molecule has 7 nitrogen and oxygen atoms in total. The number of rotatable bonds is 6. The number of aromatic nitrogens is 4. The molecule has 0 fully saturated rings. The number of fused-ring (bicyclic) bond motifs is 5. The van der Waals surface area contributed by atoms with Gasteiger partial charge in [0.05, 0.1) is 23.9 Å². The SMILES string of the molecule is CC(C)c1nc2sc3c(c2c2nnc(SCC(=O)NCc4ccco4)n12)CCCC3. The van der Waals surface area contributed by atoms with Gasteiger partial charge in [0.15, 0.2) is 10.8 Å². The van der Waals surface area contributed by atoms with E-state index in [1.165, 1.54) is 35.0 Å². The molecule has 1 aliphatic rings. The summed E-state index contributed by atoms with van der Waals surface area (Å²) in [6, 6.07) is 3.65. The third-order valence-corrected chi connectivity index (χ3v) is 7.46. The lowest BCUT2D eigenvalue weighted by molar-refractivity contribution is -0.118. The van der Waals surface area contributed by atoms with E-state index in [2.05, 4.69) is 33.8 Å². The maximum absolute atomic E-state index is 12.3. The van der Waals surface area contributed by atoms with Crippen molar-refractivity contribution >= 4 is 44.9 Å². The van der Waals surface area contributed by atoms with Crippen molar-refractivity contribution < 1.29 is 9.21 Å². The molecule has 0 unspecified atom stereocenters. The molecule has 1 aliphatic carbocycles. The monoisotopic (exact) mass is 441 g/mol. The van der Waals surface area contributed by atoms with Crippen molar-refractivity contribution in [3.63, 3.8) is 0 Å². The van der Waals surface area contributed by atoms with E-state index in [0.717, 1.165) is 40.3 Å². The molecule has 0 bridgehead atoms. The van der Waals surface area contributed by atoms with E-state index >= 15 is 0 Å². The Morgan fingerprint density at radius 1 is 1.33 bits per heavy atom. The van der Waals surface area contributed by atoms with Crippen LogP contribution in [0.15, 0.2) is 28.0 Å². The number of carbonyl (C=O) groups excluding carboxylic acids is 1. The summed E-state index contributed by atoms with van der Waals surface area (Å²) in [6.07, 6.45) is 6.27. The van der Waals surface area contributed by atoms with Crippen LogP contribution in [-0.2, 0) is 24.2 Å². The highest BCUT2D eigenvalue weighted by atomic mass is 32.2. The lowest BCUT2D eigenvalue weighted by Crippen LogP contribution is -2.24. The molecule has 0 saturated carbocycles. The molecule has 1 amide bonds. The summed E-state index contributed by atoms with van der Waals surface area (Å²) in [5.41, 5.74) is 2.27.